The Labute approximate surface area is 163 Å². The summed E-state index contributed by atoms with van der Waals surface area (Å²) in [5.41, 5.74) is 1.27. The summed E-state index contributed by atoms with van der Waals surface area (Å²) >= 11 is 2.45. The van der Waals surface area contributed by atoms with E-state index >= 15 is 0 Å². The zero-order chi connectivity index (χ0) is 19.4. The summed E-state index contributed by atoms with van der Waals surface area (Å²) in [6.45, 7) is 1.72. The molecule has 7 nitrogen and oxygen atoms in total. The number of benzene rings is 1. The van der Waals surface area contributed by atoms with E-state index in [4.69, 9.17) is 11.1 Å². The Morgan fingerprint density at radius 2 is 2.15 bits per heavy atom. The van der Waals surface area contributed by atoms with Crippen molar-refractivity contribution in [2.75, 3.05) is 11.2 Å². The van der Waals surface area contributed by atoms with E-state index in [1.807, 2.05) is 6.07 Å². The Balaban J connectivity index is 1.65. The number of carbonyl (C=O) groups excluding carboxylic acids is 1. The van der Waals surface area contributed by atoms with Crippen molar-refractivity contribution in [3.8, 4) is 6.07 Å². The van der Waals surface area contributed by atoms with E-state index in [-0.39, 0.29) is 11.7 Å². The lowest BCUT2D eigenvalue weighted by Gasteiger charge is -2.10. The highest BCUT2D eigenvalue weighted by molar-refractivity contribution is 8.00. The molecule has 0 bridgehead atoms. The quantitative estimate of drug-likeness (QED) is 0.485. The third-order valence-electron chi connectivity index (χ3n) is 3.68. The molecule has 0 fully saturated rings. The minimum atomic E-state index is -0.496. The molecule has 0 saturated carbocycles. The van der Waals surface area contributed by atoms with E-state index in [1.54, 1.807) is 30.5 Å². The highest BCUT2D eigenvalue weighted by Gasteiger charge is 2.20. The Morgan fingerprint density at radius 1 is 1.41 bits per heavy atom. The topological polar surface area (TPSA) is 110 Å². The van der Waals surface area contributed by atoms with Crippen molar-refractivity contribution in [1.82, 2.24) is 14.9 Å². The molecule has 0 spiro atoms. The van der Waals surface area contributed by atoms with Crippen molar-refractivity contribution in [3.63, 3.8) is 0 Å². The van der Waals surface area contributed by atoms with Crippen LogP contribution in [-0.2, 0) is 11.2 Å². The first kappa shape index (κ1) is 18.9. The van der Waals surface area contributed by atoms with E-state index in [2.05, 4.69) is 15.5 Å². The average molecular weight is 402 g/mol. The van der Waals surface area contributed by atoms with Crippen LogP contribution >= 0.6 is 23.1 Å². The van der Waals surface area contributed by atoms with Gasteiger partial charge in [0.2, 0.25) is 11.1 Å². The second-order valence-corrected chi connectivity index (χ2v) is 7.82. The van der Waals surface area contributed by atoms with Gasteiger partial charge in [0.15, 0.2) is 5.82 Å². The van der Waals surface area contributed by atoms with E-state index < -0.39 is 5.25 Å². The number of hydrogen-bond acceptors (Lipinski definition) is 7. The zero-order valence-corrected chi connectivity index (χ0v) is 15.9. The number of hydrogen-bond donors (Lipinski definition) is 2. The monoisotopic (exact) mass is 402 g/mol. The van der Waals surface area contributed by atoms with Gasteiger partial charge in [0, 0.05) is 6.42 Å². The number of nitrogen functional groups attached to an aromatic ring is 1. The van der Waals surface area contributed by atoms with Gasteiger partial charge in [0.05, 0.1) is 10.8 Å². The fourth-order valence-electron chi connectivity index (χ4n) is 2.21. The molecule has 0 aliphatic carbocycles. The van der Waals surface area contributed by atoms with Crippen LogP contribution in [0, 0.1) is 17.1 Å². The maximum Gasteiger partial charge on any atom is 0.238 e. The SMILES string of the molecule is C[C@@H](Sc1nnc(Cc2ccc(F)cc2)n1N)C(=O)Nc1sccc1C#N. The Morgan fingerprint density at radius 3 is 2.85 bits per heavy atom. The lowest BCUT2D eigenvalue weighted by molar-refractivity contribution is -0.115. The Hall–Kier alpha value is -2.90. The van der Waals surface area contributed by atoms with Crippen LogP contribution in [0.3, 0.4) is 0 Å². The summed E-state index contributed by atoms with van der Waals surface area (Å²) in [6, 6.07) is 9.72. The second kappa shape index (κ2) is 8.20. The molecule has 3 N–H and O–H groups in total. The first-order chi connectivity index (χ1) is 13.0. The molecule has 1 aromatic carbocycles. The van der Waals surface area contributed by atoms with Crippen LogP contribution in [0.1, 0.15) is 23.9 Å². The summed E-state index contributed by atoms with van der Waals surface area (Å²) in [7, 11) is 0. The number of nitriles is 1. The van der Waals surface area contributed by atoms with Crippen molar-refractivity contribution >= 4 is 34.0 Å². The van der Waals surface area contributed by atoms with Gasteiger partial charge in [-0.2, -0.15) is 5.26 Å². The van der Waals surface area contributed by atoms with E-state index in [0.717, 1.165) is 17.3 Å². The molecule has 27 heavy (non-hydrogen) atoms. The molecule has 0 unspecified atom stereocenters. The van der Waals surface area contributed by atoms with Gasteiger partial charge < -0.3 is 11.2 Å². The molecular weight excluding hydrogens is 387 g/mol. The van der Waals surface area contributed by atoms with Gasteiger partial charge in [0.25, 0.3) is 0 Å². The van der Waals surface area contributed by atoms with Crippen LogP contribution in [0.5, 0.6) is 0 Å². The molecule has 0 radical (unpaired) electrons. The van der Waals surface area contributed by atoms with Crippen LogP contribution < -0.4 is 11.2 Å². The molecule has 138 valence electrons. The maximum absolute atomic E-state index is 13.0. The van der Waals surface area contributed by atoms with Crippen molar-refractivity contribution in [2.24, 2.45) is 0 Å². The van der Waals surface area contributed by atoms with Crippen molar-refractivity contribution < 1.29 is 9.18 Å². The molecule has 0 saturated heterocycles. The predicted molar refractivity (Wildman–Crippen MR) is 102 cm³/mol. The lowest BCUT2D eigenvalue weighted by atomic mass is 10.1. The first-order valence-electron chi connectivity index (χ1n) is 7.87. The lowest BCUT2D eigenvalue weighted by Crippen LogP contribution is -2.23. The van der Waals surface area contributed by atoms with E-state index in [1.165, 1.54) is 28.1 Å². The molecule has 0 aliphatic heterocycles. The summed E-state index contributed by atoms with van der Waals surface area (Å²) in [5, 5.41) is 22.0. The van der Waals surface area contributed by atoms with Crippen LogP contribution in [-0.4, -0.2) is 26.0 Å². The number of thioether (sulfide) groups is 1. The molecule has 1 atom stereocenters. The van der Waals surface area contributed by atoms with Gasteiger partial charge in [-0.1, -0.05) is 23.9 Å². The molecule has 10 heteroatoms. The molecule has 0 aliphatic rings. The predicted octanol–water partition coefficient (Wildman–Crippen LogP) is 2.77. The molecule has 3 rings (SSSR count). The minimum Gasteiger partial charge on any atom is -0.336 e. The molecular formula is C17H15FN6OS2. The minimum absolute atomic E-state index is 0.262. The fourth-order valence-corrected chi connectivity index (χ4v) is 3.74. The number of halogens is 1. The number of nitrogens with zero attached hydrogens (tertiary/aromatic N) is 4. The number of carbonyl (C=O) groups is 1. The van der Waals surface area contributed by atoms with Gasteiger partial charge in [-0.25, -0.2) is 9.07 Å². The molecule has 2 heterocycles. The summed E-state index contributed by atoms with van der Waals surface area (Å²) in [6.07, 6.45) is 0.394. The van der Waals surface area contributed by atoms with Crippen LogP contribution in [0.2, 0.25) is 0 Å². The number of aromatic nitrogens is 3. The smallest absolute Gasteiger partial charge is 0.238 e. The molecule has 1 amide bonds. The normalized spacial score (nSPS) is 11.7. The number of nitrogens with two attached hydrogens (primary N) is 1. The highest BCUT2D eigenvalue weighted by Crippen LogP contribution is 2.26. The number of anilines is 1. The standard InChI is InChI=1S/C17H15FN6OS2/c1-10(15(25)21-16-12(9-19)6-7-26-16)27-17-23-22-14(24(17)20)8-11-2-4-13(18)5-3-11/h2-7,10H,8,20H2,1H3,(H,21,25)/t10-/m1/s1. The van der Waals surface area contributed by atoms with Crippen LogP contribution in [0.25, 0.3) is 0 Å². The Kier molecular flexibility index (Phi) is 5.73. The first-order valence-corrected chi connectivity index (χ1v) is 9.62. The van der Waals surface area contributed by atoms with E-state index in [9.17, 15) is 9.18 Å². The highest BCUT2D eigenvalue weighted by atomic mass is 32.2. The molecule has 3 aromatic rings. The summed E-state index contributed by atoms with van der Waals surface area (Å²) < 4.78 is 14.3. The number of amides is 1. The van der Waals surface area contributed by atoms with Crippen LogP contribution in [0.4, 0.5) is 9.39 Å². The summed E-state index contributed by atoms with van der Waals surface area (Å²) in [5.74, 6) is 5.96. The number of thiophene rings is 1. The van der Waals surface area contributed by atoms with Crippen molar-refractivity contribution in [1.29, 1.82) is 5.26 Å². The summed E-state index contributed by atoms with van der Waals surface area (Å²) in [4.78, 5) is 12.4. The van der Waals surface area contributed by atoms with Crippen molar-refractivity contribution in [2.45, 2.75) is 23.8 Å². The zero-order valence-electron chi connectivity index (χ0n) is 14.2. The fraction of sp³-hybridized carbons (Fsp3) is 0.176. The van der Waals surface area contributed by atoms with Gasteiger partial charge in [-0.3, -0.25) is 4.79 Å². The van der Waals surface area contributed by atoms with Crippen molar-refractivity contribution in [3.05, 3.63) is 58.5 Å². The Bertz CT molecular complexity index is 992. The second-order valence-electron chi connectivity index (χ2n) is 5.60. The van der Waals surface area contributed by atoms with Gasteiger partial charge >= 0.3 is 0 Å². The van der Waals surface area contributed by atoms with Gasteiger partial charge in [0.1, 0.15) is 16.9 Å². The largest absolute Gasteiger partial charge is 0.336 e. The maximum atomic E-state index is 13.0. The van der Waals surface area contributed by atoms with E-state index in [0.29, 0.717) is 28.0 Å². The number of rotatable bonds is 6. The molecule has 2 aromatic heterocycles. The third kappa shape index (κ3) is 4.45. The number of nitrogens with one attached hydrogen (secondary N) is 1. The third-order valence-corrected chi connectivity index (χ3v) is 5.57. The van der Waals surface area contributed by atoms with Crippen LogP contribution in [0.15, 0.2) is 40.9 Å². The van der Waals surface area contributed by atoms with Gasteiger partial charge in [-0.05, 0) is 36.1 Å². The average Bonchev–Trinajstić information content (AvgIpc) is 3.24. The van der Waals surface area contributed by atoms with Gasteiger partial charge in [-0.15, -0.1) is 21.5 Å².